The van der Waals surface area contributed by atoms with Gasteiger partial charge in [0.25, 0.3) is 5.91 Å². The molecule has 1 unspecified atom stereocenters. The molecule has 0 spiro atoms. The second kappa shape index (κ2) is 12.9. The van der Waals surface area contributed by atoms with Gasteiger partial charge in [-0.3, -0.25) is 4.79 Å². The van der Waals surface area contributed by atoms with E-state index in [2.05, 4.69) is 25.9 Å². The molecular weight excluding hydrogens is 470 g/mol. The Morgan fingerprint density at radius 3 is 2.81 bits per heavy atom. The molecule has 10 heteroatoms. The van der Waals surface area contributed by atoms with Crippen molar-refractivity contribution >= 4 is 35.0 Å². The minimum Gasteiger partial charge on any atom is -0.450 e. The van der Waals surface area contributed by atoms with Gasteiger partial charge in [0, 0.05) is 42.6 Å². The fourth-order valence-corrected chi connectivity index (χ4v) is 4.46. The number of nitrogens with one attached hydrogen (secondary N) is 3. The molecule has 1 atom stereocenters. The lowest BCUT2D eigenvalue weighted by atomic mass is 9.99. The first-order valence-electron chi connectivity index (χ1n) is 12.8. The maximum absolute atomic E-state index is 12.5. The number of piperidine rings is 1. The lowest BCUT2D eigenvalue weighted by molar-refractivity contribution is 0.0944. The number of rotatable bonds is 7. The predicted octanol–water partition coefficient (Wildman–Crippen LogP) is 3.11. The average molecular weight is 506 g/mol. The molecule has 5 N–H and O–H groups in total. The number of ether oxygens (including phenoxy) is 1. The average Bonchev–Trinajstić information content (AvgIpc) is 2.93. The summed E-state index contributed by atoms with van der Waals surface area (Å²) >= 11 is 0. The van der Waals surface area contributed by atoms with Crippen LogP contribution in [0.2, 0.25) is 0 Å². The first-order chi connectivity index (χ1) is 18.0. The van der Waals surface area contributed by atoms with E-state index >= 15 is 0 Å². The van der Waals surface area contributed by atoms with Gasteiger partial charge < -0.3 is 31.3 Å². The van der Waals surface area contributed by atoms with Crippen molar-refractivity contribution in [2.75, 3.05) is 44.6 Å². The van der Waals surface area contributed by atoms with Crippen LogP contribution >= 0.6 is 0 Å². The summed E-state index contributed by atoms with van der Waals surface area (Å²) in [6.45, 7) is 5.86. The van der Waals surface area contributed by atoms with E-state index in [0.29, 0.717) is 55.6 Å². The quantitative estimate of drug-likeness (QED) is 0.336. The molecule has 1 aromatic carbocycles. The van der Waals surface area contributed by atoms with Crippen LogP contribution in [-0.4, -0.2) is 67.2 Å². The molecule has 2 aliphatic rings. The Hall–Kier alpha value is -3.92. The number of carbonyl (C=O) groups is 2. The van der Waals surface area contributed by atoms with Crippen LogP contribution in [0.15, 0.2) is 53.7 Å². The fraction of sp³-hybridized carbons (Fsp3) is 0.407. The molecule has 0 aliphatic carbocycles. The molecule has 1 aromatic heterocycles. The zero-order chi connectivity index (χ0) is 26.0. The summed E-state index contributed by atoms with van der Waals surface area (Å²) in [6, 6.07) is 10.9. The number of aliphatic imine (C=N–C) groups is 1. The minimum atomic E-state index is -0.305. The topological polar surface area (TPSA) is 134 Å². The predicted molar refractivity (Wildman–Crippen MR) is 145 cm³/mol. The molecule has 0 saturated carbocycles. The van der Waals surface area contributed by atoms with Crippen LogP contribution in [0.25, 0.3) is 5.57 Å². The summed E-state index contributed by atoms with van der Waals surface area (Å²) in [7, 11) is 0. The summed E-state index contributed by atoms with van der Waals surface area (Å²) in [6.07, 6.45) is 6.31. The van der Waals surface area contributed by atoms with E-state index in [4.69, 9.17) is 10.5 Å². The maximum atomic E-state index is 12.5. The highest BCUT2D eigenvalue weighted by molar-refractivity contribution is 5.97. The van der Waals surface area contributed by atoms with Crippen LogP contribution in [0.1, 0.15) is 42.1 Å². The molecule has 1 fully saturated rings. The van der Waals surface area contributed by atoms with Crippen molar-refractivity contribution in [1.29, 1.82) is 0 Å². The number of hydrogen-bond donors (Lipinski definition) is 4. The first kappa shape index (κ1) is 26.2. The van der Waals surface area contributed by atoms with Gasteiger partial charge in [-0.1, -0.05) is 6.08 Å². The van der Waals surface area contributed by atoms with Gasteiger partial charge >= 0.3 is 6.09 Å². The Labute approximate surface area is 217 Å². The van der Waals surface area contributed by atoms with Crippen molar-refractivity contribution in [2.45, 2.75) is 26.2 Å². The highest BCUT2D eigenvalue weighted by atomic mass is 16.6. The van der Waals surface area contributed by atoms with Gasteiger partial charge in [-0.05, 0) is 87.2 Å². The zero-order valence-electron chi connectivity index (χ0n) is 21.2. The number of benzene rings is 1. The van der Waals surface area contributed by atoms with E-state index < -0.39 is 0 Å². The number of guanidine groups is 1. The highest BCUT2D eigenvalue weighted by Gasteiger charge is 2.20. The molecule has 0 radical (unpaired) electrons. The second-order valence-electron chi connectivity index (χ2n) is 9.12. The molecule has 1 saturated heterocycles. The number of carbonyl (C=O) groups excluding carboxylic acids is 2. The third-order valence-electron chi connectivity index (χ3n) is 6.46. The molecule has 0 bridgehead atoms. The Morgan fingerprint density at radius 1 is 1.27 bits per heavy atom. The van der Waals surface area contributed by atoms with Crippen molar-refractivity contribution in [1.82, 2.24) is 20.5 Å². The smallest absolute Gasteiger partial charge is 0.410 e. The Kier molecular flexibility index (Phi) is 9.09. The molecular formula is C27H35N7O3. The van der Waals surface area contributed by atoms with E-state index in [1.165, 1.54) is 0 Å². The molecule has 196 valence electrons. The monoisotopic (exact) mass is 505 g/mol. The lowest BCUT2D eigenvalue weighted by Crippen LogP contribution is -2.38. The summed E-state index contributed by atoms with van der Waals surface area (Å²) in [5.41, 5.74) is 9.42. The zero-order valence-corrected chi connectivity index (χ0v) is 21.2. The van der Waals surface area contributed by atoms with E-state index in [1.54, 1.807) is 42.3 Å². The van der Waals surface area contributed by atoms with Crippen molar-refractivity contribution < 1.29 is 14.3 Å². The van der Waals surface area contributed by atoms with Crippen LogP contribution in [0.5, 0.6) is 0 Å². The lowest BCUT2D eigenvalue weighted by Gasteiger charge is -2.26. The third-order valence-corrected chi connectivity index (χ3v) is 6.46. The SMILES string of the molecule is CCOC(=O)N1CC=C(c2cccnc2N=C(N)Nc2ccc(C(=O)NCC3CCCNC3)cc2)CC1. The standard InChI is InChI=1S/C27H35N7O3/c1-2-37-27(36)34-15-11-20(12-16-34)23-6-4-14-30-24(23)33-26(28)32-22-9-7-21(8-10-22)25(35)31-18-19-5-3-13-29-17-19/h4,6-11,14,19,29H,2-3,5,12-13,15-18H2,1H3,(H,31,35)(H3,28,30,32,33). The van der Waals surface area contributed by atoms with Gasteiger partial charge in [-0.25, -0.2) is 9.78 Å². The number of nitrogens with two attached hydrogens (primary N) is 1. The Morgan fingerprint density at radius 2 is 2.11 bits per heavy atom. The first-order valence-corrected chi connectivity index (χ1v) is 12.8. The second-order valence-corrected chi connectivity index (χ2v) is 9.12. The molecule has 10 nitrogen and oxygen atoms in total. The van der Waals surface area contributed by atoms with Crippen LogP contribution in [0, 0.1) is 5.92 Å². The van der Waals surface area contributed by atoms with Gasteiger partial charge in [0.15, 0.2) is 11.8 Å². The summed E-state index contributed by atoms with van der Waals surface area (Å²) in [5.74, 6) is 1.08. The molecule has 2 aliphatic heterocycles. The normalized spacial score (nSPS) is 18.1. The summed E-state index contributed by atoms with van der Waals surface area (Å²) in [4.78, 5) is 35.0. The van der Waals surface area contributed by atoms with Crippen LogP contribution in [0.3, 0.4) is 0 Å². The van der Waals surface area contributed by atoms with Crippen molar-refractivity contribution in [2.24, 2.45) is 16.6 Å². The van der Waals surface area contributed by atoms with E-state index in [1.807, 2.05) is 18.2 Å². The van der Waals surface area contributed by atoms with Crippen LogP contribution in [-0.2, 0) is 4.74 Å². The maximum Gasteiger partial charge on any atom is 0.410 e. The van der Waals surface area contributed by atoms with Gasteiger partial charge in [0.1, 0.15) is 0 Å². The molecule has 4 rings (SSSR count). The van der Waals surface area contributed by atoms with Crippen molar-refractivity contribution in [3.05, 3.63) is 59.8 Å². The van der Waals surface area contributed by atoms with Gasteiger partial charge in [-0.15, -0.1) is 0 Å². The number of aromatic nitrogens is 1. The minimum absolute atomic E-state index is 0.0841. The van der Waals surface area contributed by atoms with Gasteiger partial charge in [-0.2, -0.15) is 4.99 Å². The fourth-order valence-electron chi connectivity index (χ4n) is 4.46. The molecule has 3 heterocycles. The molecule has 2 aromatic rings. The number of anilines is 1. The Bertz CT molecular complexity index is 1140. The van der Waals surface area contributed by atoms with Crippen molar-refractivity contribution in [3.63, 3.8) is 0 Å². The highest BCUT2D eigenvalue weighted by Crippen LogP contribution is 2.29. The molecule has 2 amide bonds. The summed E-state index contributed by atoms with van der Waals surface area (Å²) < 4.78 is 5.09. The van der Waals surface area contributed by atoms with E-state index in [0.717, 1.165) is 37.1 Å². The van der Waals surface area contributed by atoms with Crippen LogP contribution in [0.4, 0.5) is 16.3 Å². The largest absolute Gasteiger partial charge is 0.450 e. The number of nitrogens with zero attached hydrogens (tertiary/aromatic N) is 3. The van der Waals surface area contributed by atoms with E-state index in [-0.39, 0.29) is 18.0 Å². The number of hydrogen-bond acceptors (Lipinski definition) is 6. The van der Waals surface area contributed by atoms with Crippen molar-refractivity contribution in [3.8, 4) is 0 Å². The number of amides is 2. The van der Waals surface area contributed by atoms with Gasteiger partial charge in [0.05, 0.1) is 6.61 Å². The number of pyridine rings is 1. The third kappa shape index (κ3) is 7.29. The van der Waals surface area contributed by atoms with Gasteiger partial charge in [0.2, 0.25) is 0 Å². The molecule has 37 heavy (non-hydrogen) atoms. The Balaban J connectivity index is 1.36. The van der Waals surface area contributed by atoms with Crippen LogP contribution < -0.4 is 21.7 Å². The van der Waals surface area contributed by atoms with E-state index in [9.17, 15) is 9.59 Å². The summed E-state index contributed by atoms with van der Waals surface area (Å²) in [5, 5.41) is 9.45.